The van der Waals surface area contributed by atoms with E-state index in [1.54, 1.807) is 6.92 Å². The fourth-order valence-electron chi connectivity index (χ4n) is 3.24. The summed E-state index contributed by atoms with van der Waals surface area (Å²) in [5, 5.41) is 0. The van der Waals surface area contributed by atoms with Gasteiger partial charge in [-0.15, -0.1) is 0 Å². The van der Waals surface area contributed by atoms with Crippen molar-refractivity contribution in [2.45, 2.75) is 40.5 Å². The quantitative estimate of drug-likeness (QED) is 0.469. The van der Waals surface area contributed by atoms with E-state index in [0.717, 1.165) is 28.3 Å². The monoisotopic (exact) mass is 405 g/mol. The van der Waals surface area contributed by atoms with Gasteiger partial charge in [0.05, 0.1) is 17.7 Å². The van der Waals surface area contributed by atoms with Crippen LogP contribution in [0.5, 0.6) is 5.75 Å². The number of rotatable bonds is 9. The van der Waals surface area contributed by atoms with Gasteiger partial charge in [-0.05, 0) is 63.9 Å². The van der Waals surface area contributed by atoms with Gasteiger partial charge >= 0.3 is 0 Å². The zero-order valence-electron chi connectivity index (χ0n) is 17.9. The minimum absolute atomic E-state index is 0.117. The molecule has 0 atom stereocenters. The van der Waals surface area contributed by atoms with Crippen molar-refractivity contribution in [1.82, 2.24) is 4.98 Å². The van der Waals surface area contributed by atoms with Crippen LogP contribution in [0, 0.1) is 12.3 Å². The summed E-state index contributed by atoms with van der Waals surface area (Å²) in [6.45, 7) is 7.01. The van der Waals surface area contributed by atoms with Gasteiger partial charge in [-0.1, -0.05) is 30.3 Å². The van der Waals surface area contributed by atoms with E-state index < -0.39 is 5.41 Å². The highest BCUT2D eigenvalue weighted by atomic mass is 16.5. The molecule has 0 radical (unpaired) electrons. The van der Waals surface area contributed by atoms with E-state index in [1.807, 2.05) is 61.5 Å². The van der Waals surface area contributed by atoms with Crippen LogP contribution < -0.4 is 4.74 Å². The zero-order valence-corrected chi connectivity index (χ0v) is 17.9. The SMILES string of the molecule is CC(=O)C(C)(Cc1ccc(OCCc2nc(-c3ccccc3)oc2C)cc1)C(C)=O. The van der Waals surface area contributed by atoms with E-state index in [4.69, 9.17) is 9.15 Å². The molecule has 0 amide bonds. The second-order valence-corrected chi connectivity index (χ2v) is 7.75. The Kier molecular flexibility index (Phi) is 6.50. The fourth-order valence-corrected chi connectivity index (χ4v) is 3.24. The summed E-state index contributed by atoms with van der Waals surface area (Å²) in [6, 6.07) is 17.3. The van der Waals surface area contributed by atoms with E-state index >= 15 is 0 Å². The standard InChI is InChI=1S/C25H27NO4/c1-17-23(26-24(30-17)21-8-6-5-7-9-21)14-15-29-22-12-10-20(11-13-22)16-25(4,18(2)27)19(3)28/h5-13H,14-16H2,1-4H3. The average Bonchev–Trinajstić information content (AvgIpc) is 3.10. The minimum Gasteiger partial charge on any atom is -0.493 e. The Morgan fingerprint density at radius 2 is 1.63 bits per heavy atom. The number of carbonyl (C=O) groups excluding carboxylic acids is 2. The van der Waals surface area contributed by atoms with E-state index in [9.17, 15) is 9.59 Å². The number of nitrogens with zero attached hydrogens (tertiary/aromatic N) is 1. The van der Waals surface area contributed by atoms with Crippen LogP contribution in [0.3, 0.4) is 0 Å². The van der Waals surface area contributed by atoms with E-state index in [0.29, 0.717) is 25.3 Å². The van der Waals surface area contributed by atoms with Gasteiger partial charge in [-0.2, -0.15) is 0 Å². The molecule has 0 aliphatic heterocycles. The topological polar surface area (TPSA) is 69.4 Å². The molecule has 0 unspecified atom stereocenters. The Labute approximate surface area is 177 Å². The first-order valence-corrected chi connectivity index (χ1v) is 10.0. The maximum absolute atomic E-state index is 11.9. The summed E-state index contributed by atoms with van der Waals surface area (Å²) >= 11 is 0. The molecule has 0 aliphatic rings. The molecule has 0 N–H and O–H groups in total. The molecule has 30 heavy (non-hydrogen) atoms. The van der Waals surface area contributed by atoms with Gasteiger partial charge in [0.25, 0.3) is 0 Å². The molecule has 0 spiro atoms. The molecule has 0 bridgehead atoms. The maximum atomic E-state index is 11.9. The van der Waals surface area contributed by atoms with Crippen molar-refractivity contribution in [1.29, 1.82) is 0 Å². The van der Waals surface area contributed by atoms with Gasteiger partial charge in [-0.25, -0.2) is 4.98 Å². The molecule has 5 heteroatoms. The summed E-state index contributed by atoms with van der Waals surface area (Å²) < 4.78 is 11.6. The Bertz CT molecular complexity index is 1010. The Hall–Kier alpha value is -3.21. The molecule has 1 heterocycles. The lowest BCUT2D eigenvalue weighted by Crippen LogP contribution is -2.35. The highest BCUT2D eigenvalue weighted by molar-refractivity contribution is 6.04. The highest BCUT2D eigenvalue weighted by Gasteiger charge is 2.35. The number of ketones is 2. The van der Waals surface area contributed by atoms with Gasteiger partial charge in [-0.3, -0.25) is 9.59 Å². The fraction of sp³-hybridized carbons (Fsp3) is 0.320. The molecule has 156 valence electrons. The van der Waals surface area contributed by atoms with Crippen LogP contribution in [-0.4, -0.2) is 23.2 Å². The number of benzene rings is 2. The molecule has 1 aromatic heterocycles. The summed E-state index contributed by atoms with van der Waals surface area (Å²) in [7, 11) is 0. The van der Waals surface area contributed by atoms with E-state index in [-0.39, 0.29) is 11.6 Å². The highest BCUT2D eigenvalue weighted by Crippen LogP contribution is 2.26. The van der Waals surface area contributed by atoms with Crippen molar-refractivity contribution < 1.29 is 18.7 Å². The number of hydrogen-bond donors (Lipinski definition) is 0. The van der Waals surface area contributed by atoms with Crippen LogP contribution in [0.2, 0.25) is 0 Å². The molecular formula is C25H27NO4. The normalized spacial score (nSPS) is 11.3. The smallest absolute Gasteiger partial charge is 0.226 e. The number of Topliss-reactive ketones (excluding diaryl/α,β-unsaturated/α-hetero) is 2. The molecular weight excluding hydrogens is 378 g/mol. The van der Waals surface area contributed by atoms with Crippen molar-refractivity contribution >= 4 is 11.6 Å². The van der Waals surface area contributed by atoms with Crippen molar-refractivity contribution in [3.8, 4) is 17.2 Å². The first kappa shape index (κ1) is 21.5. The third-order valence-corrected chi connectivity index (χ3v) is 5.56. The number of ether oxygens (including phenoxy) is 1. The lowest BCUT2D eigenvalue weighted by atomic mass is 9.77. The predicted molar refractivity (Wildman–Crippen MR) is 115 cm³/mol. The first-order chi connectivity index (χ1) is 14.3. The van der Waals surface area contributed by atoms with Gasteiger partial charge < -0.3 is 9.15 Å². The van der Waals surface area contributed by atoms with Gasteiger partial charge in [0, 0.05) is 12.0 Å². The third kappa shape index (κ3) is 4.85. The number of aromatic nitrogens is 1. The molecule has 0 saturated carbocycles. The van der Waals surface area contributed by atoms with E-state index in [1.165, 1.54) is 13.8 Å². The molecule has 5 nitrogen and oxygen atoms in total. The van der Waals surface area contributed by atoms with Gasteiger partial charge in [0.1, 0.15) is 23.1 Å². The van der Waals surface area contributed by atoms with Crippen molar-refractivity contribution in [2.24, 2.45) is 5.41 Å². The number of oxazole rings is 1. The summed E-state index contributed by atoms with van der Waals surface area (Å²) in [6.07, 6.45) is 1.02. The zero-order chi connectivity index (χ0) is 21.7. The Morgan fingerprint density at radius 1 is 1.00 bits per heavy atom. The molecule has 0 fully saturated rings. The number of carbonyl (C=O) groups is 2. The van der Waals surface area contributed by atoms with Crippen LogP contribution in [0.25, 0.3) is 11.5 Å². The Morgan fingerprint density at radius 3 is 2.23 bits per heavy atom. The third-order valence-electron chi connectivity index (χ3n) is 5.56. The van der Waals surface area contributed by atoms with Crippen LogP contribution in [0.1, 0.15) is 37.8 Å². The van der Waals surface area contributed by atoms with Gasteiger partial charge in [0.2, 0.25) is 5.89 Å². The summed E-state index contributed by atoms with van der Waals surface area (Å²) in [5.74, 6) is 1.91. The van der Waals surface area contributed by atoms with Crippen LogP contribution in [0.4, 0.5) is 0 Å². The predicted octanol–water partition coefficient (Wildman–Crippen LogP) is 5.00. The lowest BCUT2D eigenvalue weighted by molar-refractivity contribution is -0.137. The summed E-state index contributed by atoms with van der Waals surface area (Å²) in [4.78, 5) is 28.4. The van der Waals surface area contributed by atoms with Crippen LogP contribution in [0.15, 0.2) is 59.0 Å². The van der Waals surface area contributed by atoms with Crippen LogP contribution >= 0.6 is 0 Å². The second kappa shape index (κ2) is 9.08. The number of hydrogen-bond acceptors (Lipinski definition) is 5. The molecule has 0 aliphatic carbocycles. The summed E-state index contributed by atoms with van der Waals surface area (Å²) in [5.41, 5.74) is 1.77. The van der Waals surface area contributed by atoms with Gasteiger partial charge in [0.15, 0.2) is 0 Å². The van der Waals surface area contributed by atoms with E-state index in [2.05, 4.69) is 4.98 Å². The molecule has 0 saturated heterocycles. The molecule has 2 aromatic carbocycles. The van der Waals surface area contributed by atoms with Crippen molar-refractivity contribution in [3.63, 3.8) is 0 Å². The maximum Gasteiger partial charge on any atom is 0.226 e. The largest absolute Gasteiger partial charge is 0.493 e. The molecule has 3 aromatic rings. The molecule has 3 rings (SSSR count). The van der Waals surface area contributed by atoms with Crippen molar-refractivity contribution in [2.75, 3.05) is 6.61 Å². The lowest BCUT2D eigenvalue weighted by Gasteiger charge is -2.23. The minimum atomic E-state index is -0.983. The first-order valence-electron chi connectivity index (χ1n) is 10.0. The second-order valence-electron chi connectivity index (χ2n) is 7.75. The Balaban J connectivity index is 1.58. The average molecular weight is 405 g/mol. The number of aryl methyl sites for hydroxylation is 1. The van der Waals surface area contributed by atoms with Crippen LogP contribution in [-0.2, 0) is 22.4 Å². The van der Waals surface area contributed by atoms with Crippen molar-refractivity contribution in [3.05, 3.63) is 71.6 Å².